The number of ether oxygens (including phenoxy) is 2. The van der Waals surface area contributed by atoms with Crippen molar-refractivity contribution in [1.29, 1.82) is 0 Å². The number of amides is 1. The molecule has 0 aliphatic carbocycles. The van der Waals surface area contributed by atoms with Crippen LogP contribution in [0.25, 0.3) is 0 Å². The number of carbonyl (C=O) groups excluding carboxylic acids is 1. The van der Waals surface area contributed by atoms with Gasteiger partial charge in [-0.3, -0.25) is 9.78 Å². The summed E-state index contributed by atoms with van der Waals surface area (Å²) < 4.78 is 11.8. The van der Waals surface area contributed by atoms with E-state index in [4.69, 9.17) is 9.47 Å². The Morgan fingerprint density at radius 3 is 2.71 bits per heavy atom. The molecule has 4 rings (SSSR count). The van der Waals surface area contributed by atoms with Crippen molar-refractivity contribution in [1.82, 2.24) is 10.3 Å². The quantitative estimate of drug-likeness (QED) is 0.923. The molecule has 24 heavy (non-hydrogen) atoms. The molecule has 1 atom stereocenters. The Morgan fingerprint density at radius 2 is 1.92 bits per heavy atom. The molecule has 1 amide bonds. The van der Waals surface area contributed by atoms with E-state index in [0.717, 1.165) is 30.6 Å². The van der Waals surface area contributed by atoms with Gasteiger partial charge in [-0.1, -0.05) is 24.3 Å². The summed E-state index contributed by atoms with van der Waals surface area (Å²) in [7, 11) is 0. The summed E-state index contributed by atoms with van der Waals surface area (Å²) in [6, 6.07) is 13.2. The Bertz CT molecular complexity index is 726. The summed E-state index contributed by atoms with van der Waals surface area (Å²) in [5.41, 5.74) is 1.20. The molecule has 2 aliphatic rings. The van der Waals surface area contributed by atoms with Crippen molar-refractivity contribution in [2.75, 3.05) is 13.2 Å². The van der Waals surface area contributed by atoms with Crippen LogP contribution in [0.5, 0.6) is 5.75 Å². The first-order chi connectivity index (χ1) is 11.8. The molecule has 2 aliphatic heterocycles. The summed E-state index contributed by atoms with van der Waals surface area (Å²) in [6.45, 7) is 1.39. The van der Waals surface area contributed by atoms with Gasteiger partial charge in [0.25, 0.3) is 5.91 Å². The fourth-order valence-corrected chi connectivity index (χ4v) is 3.53. The number of nitrogens with one attached hydrogen (secondary N) is 1. The number of benzene rings is 1. The molecule has 2 aromatic rings. The Labute approximate surface area is 141 Å². The summed E-state index contributed by atoms with van der Waals surface area (Å²) >= 11 is 0. The molecule has 3 heterocycles. The highest BCUT2D eigenvalue weighted by atomic mass is 16.5. The molecule has 124 valence electrons. The van der Waals surface area contributed by atoms with Crippen LogP contribution < -0.4 is 10.1 Å². The first-order valence-electron chi connectivity index (χ1n) is 8.33. The number of hydrogen-bond donors (Lipinski definition) is 1. The van der Waals surface area contributed by atoms with E-state index in [-0.39, 0.29) is 17.6 Å². The summed E-state index contributed by atoms with van der Waals surface area (Å²) in [5.74, 6) is 0.705. The predicted octanol–water partition coefficient (Wildman–Crippen LogP) is 2.88. The Balaban J connectivity index is 1.62. The minimum absolute atomic E-state index is 0.0810. The number of pyridine rings is 1. The summed E-state index contributed by atoms with van der Waals surface area (Å²) in [5, 5.41) is 3.14. The topological polar surface area (TPSA) is 60.5 Å². The van der Waals surface area contributed by atoms with Crippen LogP contribution in [0.15, 0.2) is 48.7 Å². The van der Waals surface area contributed by atoms with Crippen molar-refractivity contribution >= 4 is 5.91 Å². The molecule has 0 bridgehead atoms. The van der Waals surface area contributed by atoms with Crippen molar-refractivity contribution in [3.8, 4) is 5.75 Å². The van der Waals surface area contributed by atoms with Crippen LogP contribution in [0.3, 0.4) is 0 Å². The van der Waals surface area contributed by atoms with E-state index in [1.165, 1.54) is 0 Å². The van der Waals surface area contributed by atoms with Crippen molar-refractivity contribution in [2.45, 2.75) is 30.9 Å². The average Bonchev–Trinajstić information content (AvgIpc) is 2.63. The van der Waals surface area contributed by atoms with Gasteiger partial charge in [0.2, 0.25) is 0 Å². The fourth-order valence-electron chi connectivity index (χ4n) is 3.53. The molecule has 5 heteroatoms. The lowest BCUT2D eigenvalue weighted by Gasteiger charge is -2.44. The van der Waals surface area contributed by atoms with E-state index in [9.17, 15) is 4.79 Å². The van der Waals surface area contributed by atoms with Gasteiger partial charge >= 0.3 is 0 Å². The van der Waals surface area contributed by atoms with E-state index in [1.807, 2.05) is 30.3 Å². The summed E-state index contributed by atoms with van der Waals surface area (Å²) in [4.78, 5) is 16.7. The molecule has 1 saturated heterocycles. The van der Waals surface area contributed by atoms with E-state index < -0.39 is 0 Å². The number of aromatic nitrogens is 1. The lowest BCUT2D eigenvalue weighted by molar-refractivity contribution is -0.0639. The fraction of sp³-hybridized carbons (Fsp3) is 0.368. The van der Waals surface area contributed by atoms with E-state index in [0.29, 0.717) is 18.9 Å². The van der Waals surface area contributed by atoms with E-state index in [2.05, 4.69) is 10.3 Å². The maximum absolute atomic E-state index is 12.6. The Morgan fingerprint density at radius 1 is 1.12 bits per heavy atom. The average molecular weight is 324 g/mol. The normalized spacial score (nSPS) is 21.6. The molecule has 1 unspecified atom stereocenters. The second kappa shape index (κ2) is 6.24. The highest BCUT2D eigenvalue weighted by molar-refractivity contribution is 5.92. The lowest BCUT2D eigenvalue weighted by Crippen LogP contribution is -2.48. The van der Waals surface area contributed by atoms with Gasteiger partial charge in [-0.15, -0.1) is 0 Å². The Hall–Kier alpha value is -2.40. The third-order valence-corrected chi connectivity index (χ3v) is 4.80. The van der Waals surface area contributed by atoms with Crippen LogP contribution in [0, 0.1) is 0 Å². The predicted molar refractivity (Wildman–Crippen MR) is 88.9 cm³/mol. The van der Waals surface area contributed by atoms with Gasteiger partial charge in [0.1, 0.15) is 17.0 Å². The molecular weight excluding hydrogens is 304 g/mol. The Kier molecular flexibility index (Phi) is 3.94. The molecular formula is C19H20N2O3. The first-order valence-corrected chi connectivity index (χ1v) is 8.33. The van der Waals surface area contributed by atoms with Gasteiger partial charge in [-0.05, 0) is 18.2 Å². The first kappa shape index (κ1) is 15.1. The number of nitrogens with zero attached hydrogens (tertiary/aromatic N) is 1. The largest absolute Gasteiger partial charge is 0.487 e. The highest BCUT2D eigenvalue weighted by Gasteiger charge is 2.42. The minimum Gasteiger partial charge on any atom is -0.487 e. The van der Waals surface area contributed by atoms with Gasteiger partial charge in [0.15, 0.2) is 0 Å². The zero-order chi connectivity index (χ0) is 16.4. The van der Waals surface area contributed by atoms with E-state index >= 15 is 0 Å². The van der Waals surface area contributed by atoms with Crippen molar-refractivity contribution < 1.29 is 14.3 Å². The van der Waals surface area contributed by atoms with Crippen LogP contribution in [0.2, 0.25) is 0 Å². The van der Waals surface area contributed by atoms with Crippen LogP contribution in [0.4, 0.5) is 0 Å². The third-order valence-electron chi connectivity index (χ3n) is 4.80. The highest BCUT2D eigenvalue weighted by Crippen LogP contribution is 2.43. The standard InChI is InChI=1S/C19H20N2O3/c22-18(15-6-3-4-10-20-15)21-16-13-19(8-11-23-12-9-19)24-17-7-2-1-5-14(16)17/h1-7,10,16H,8-9,11-13H2,(H,21,22). The zero-order valence-electron chi connectivity index (χ0n) is 13.4. The molecule has 0 saturated carbocycles. The van der Waals surface area contributed by atoms with Gasteiger partial charge in [-0.25, -0.2) is 0 Å². The number of rotatable bonds is 2. The SMILES string of the molecule is O=C(NC1CC2(CCOCC2)Oc2ccccc21)c1ccccn1. The number of hydrogen-bond acceptors (Lipinski definition) is 4. The molecule has 0 radical (unpaired) electrons. The van der Waals surface area contributed by atoms with Gasteiger partial charge < -0.3 is 14.8 Å². The molecule has 1 aromatic heterocycles. The lowest BCUT2D eigenvalue weighted by atomic mass is 9.82. The second-order valence-corrected chi connectivity index (χ2v) is 6.38. The maximum Gasteiger partial charge on any atom is 0.270 e. The number of carbonyl (C=O) groups is 1. The van der Waals surface area contributed by atoms with Crippen LogP contribution in [0.1, 0.15) is 41.4 Å². The monoisotopic (exact) mass is 324 g/mol. The number of para-hydroxylation sites is 1. The third kappa shape index (κ3) is 2.87. The zero-order valence-corrected chi connectivity index (χ0v) is 13.4. The van der Waals surface area contributed by atoms with Crippen molar-refractivity contribution in [2.24, 2.45) is 0 Å². The van der Waals surface area contributed by atoms with Gasteiger partial charge in [0.05, 0.1) is 19.3 Å². The number of fused-ring (bicyclic) bond motifs is 1. The second-order valence-electron chi connectivity index (χ2n) is 6.38. The molecule has 1 N–H and O–H groups in total. The maximum atomic E-state index is 12.6. The van der Waals surface area contributed by atoms with Gasteiger partial charge in [0, 0.05) is 31.0 Å². The van der Waals surface area contributed by atoms with Crippen LogP contribution in [-0.2, 0) is 4.74 Å². The molecule has 5 nitrogen and oxygen atoms in total. The van der Waals surface area contributed by atoms with Crippen LogP contribution >= 0.6 is 0 Å². The summed E-state index contributed by atoms with van der Waals surface area (Å²) in [6.07, 6.45) is 4.08. The van der Waals surface area contributed by atoms with Crippen molar-refractivity contribution in [3.05, 3.63) is 59.9 Å². The van der Waals surface area contributed by atoms with Crippen LogP contribution in [-0.4, -0.2) is 29.7 Å². The molecule has 1 spiro atoms. The van der Waals surface area contributed by atoms with E-state index in [1.54, 1.807) is 18.3 Å². The molecule has 1 fully saturated rings. The minimum atomic E-state index is -0.255. The molecule has 1 aromatic carbocycles. The smallest absolute Gasteiger partial charge is 0.270 e. The van der Waals surface area contributed by atoms with Gasteiger partial charge in [-0.2, -0.15) is 0 Å². The van der Waals surface area contributed by atoms with Crippen molar-refractivity contribution in [3.63, 3.8) is 0 Å².